The molecule has 0 amide bonds. The molecule has 9 heteroatoms. The van der Waals surface area contributed by atoms with Gasteiger partial charge in [0.1, 0.15) is 11.1 Å². The minimum Gasteiger partial charge on any atom is -0.258 e. The normalized spacial score (nSPS) is 11.1. The molecule has 0 spiro atoms. The van der Waals surface area contributed by atoms with Gasteiger partial charge in [-0.1, -0.05) is 72.8 Å². The van der Waals surface area contributed by atoms with E-state index in [1.54, 1.807) is 60.7 Å². The number of hydrogen-bond acceptors (Lipinski definition) is 6. The smallest absolute Gasteiger partial charge is 0.258 e. The summed E-state index contributed by atoms with van der Waals surface area (Å²) in [5.74, 6) is 0. The highest BCUT2D eigenvalue weighted by Gasteiger charge is 2.34. The Hall–Kier alpha value is -4.66. The Labute approximate surface area is 176 Å². The topological polar surface area (TPSA) is 129 Å². The predicted octanol–water partition coefficient (Wildman–Crippen LogP) is 5.75. The molecule has 154 valence electrons. The summed E-state index contributed by atoms with van der Waals surface area (Å²) in [4.78, 5) is 32.5. The molecule has 3 rings (SSSR count). The average molecular weight is 417 g/mol. The van der Waals surface area contributed by atoms with Crippen LogP contribution in [0.1, 0.15) is 22.3 Å². The van der Waals surface area contributed by atoms with Crippen molar-refractivity contribution in [3.63, 3.8) is 0 Å². The molecule has 0 radical (unpaired) electrons. The molecule has 0 N–H and O–H groups in total. The van der Waals surface area contributed by atoms with Gasteiger partial charge in [0.25, 0.3) is 17.1 Å². The van der Waals surface area contributed by atoms with Crippen LogP contribution in [-0.2, 0) is 0 Å². The van der Waals surface area contributed by atoms with Gasteiger partial charge in [-0.15, -0.1) is 0 Å². The second kappa shape index (κ2) is 9.23. The zero-order valence-corrected chi connectivity index (χ0v) is 16.0. The van der Waals surface area contributed by atoms with Gasteiger partial charge in [-0.3, -0.25) is 30.3 Å². The zero-order chi connectivity index (χ0) is 22.4. The highest BCUT2D eigenvalue weighted by Crippen LogP contribution is 2.40. The highest BCUT2D eigenvalue weighted by molar-refractivity contribution is 5.89. The van der Waals surface area contributed by atoms with Gasteiger partial charge in [0.15, 0.2) is 0 Å². The molecule has 0 aliphatic heterocycles. The molecule has 9 nitrogen and oxygen atoms in total. The minimum absolute atomic E-state index is 0.322. The number of rotatable bonds is 7. The maximum absolute atomic E-state index is 11.9. The first kappa shape index (κ1) is 21.1. The molecule has 0 saturated heterocycles. The van der Waals surface area contributed by atoms with Crippen molar-refractivity contribution < 1.29 is 14.8 Å². The maximum Gasteiger partial charge on any atom is 0.297 e. The second-order valence-corrected chi connectivity index (χ2v) is 6.35. The quantitative estimate of drug-likeness (QED) is 0.273. The highest BCUT2D eigenvalue weighted by atomic mass is 16.6. The van der Waals surface area contributed by atoms with E-state index in [2.05, 4.69) is 0 Å². The summed E-state index contributed by atoms with van der Waals surface area (Å²) in [5, 5.41) is 35.1. The van der Waals surface area contributed by atoms with Gasteiger partial charge in [-0.05, 0) is 23.3 Å². The first-order valence-electron chi connectivity index (χ1n) is 8.99. The molecule has 0 unspecified atom stereocenters. The van der Waals surface area contributed by atoms with Crippen molar-refractivity contribution in [1.29, 1.82) is 0 Å². The van der Waals surface area contributed by atoms with Crippen molar-refractivity contribution >= 4 is 41.4 Å². The lowest BCUT2D eigenvalue weighted by Gasteiger charge is -2.05. The summed E-state index contributed by atoms with van der Waals surface area (Å²) in [6, 6.07) is 18.2. The fourth-order valence-electron chi connectivity index (χ4n) is 2.99. The maximum atomic E-state index is 11.9. The minimum atomic E-state index is -0.866. The van der Waals surface area contributed by atoms with Gasteiger partial charge in [-0.2, -0.15) is 0 Å². The first-order chi connectivity index (χ1) is 14.9. The van der Waals surface area contributed by atoms with Crippen molar-refractivity contribution in [1.82, 2.24) is 0 Å². The van der Waals surface area contributed by atoms with Crippen molar-refractivity contribution in [2.24, 2.45) is 0 Å². The molecule has 0 saturated carbocycles. The third-order valence-corrected chi connectivity index (χ3v) is 4.40. The molecule has 31 heavy (non-hydrogen) atoms. The predicted molar refractivity (Wildman–Crippen MR) is 117 cm³/mol. The molecular formula is C22H15N3O6. The van der Waals surface area contributed by atoms with E-state index in [-0.39, 0.29) is 11.1 Å². The number of nitro groups is 3. The number of nitrogens with zero attached hydrogens (tertiary/aromatic N) is 3. The molecule has 0 atom stereocenters. The first-order valence-corrected chi connectivity index (χ1v) is 8.99. The molecule has 0 aliphatic carbocycles. The van der Waals surface area contributed by atoms with E-state index in [1.807, 2.05) is 0 Å². The van der Waals surface area contributed by atoms with Gasteiger partial charge in [0, 0.05) is 0 Å². The lowest BCUT2D eigenvalue weighted by atomic mass is 10.00. The van der Waals surface area contributed by atoms with Gasteiger partial charge in [-0.25, -0.2) is 0 Å². The van der Waals surface area contributed by atoms with Crippen LogP contribution in [0, 0.1) is 30.3 Å². The molecule has 0 bridgehead atoms. The Balaban J connectivity index is 2.28. The molecule has 3 aromatic rings. The van der Waals surface area contributed by atoms with Crippen LogP contribution >= 0.6 is 0 Å². The summed E-state index contributed by atoms with van der Waals surface area (Å²) < 4.78 is 0. The van der Waals surface area contributed by atoms with Crippen LogP contribution in [0.25, 0.3) is 24.3 Å². The monoisotopic (exact) mass is 417 g/mol. The van der Waals surface area contributed by atoms with E-state index in [4.69, 9.17) is 0 Å². The van der Waals surface area contributed by atoms with E-state index in [1.165, 1.54) is 24.3 Å². The Morgan fingerprint density at radius 1 is 0.548 bits per heavy atom. The van der Waals surface area contributed by atoms with Gasteiger partial charge in [0.05, 0.1) is 20.8 Å². The van der Waals surface area contributed by atoms with Gasteiger partial charge >= 0.3 is 0 Å². The van der Waals surface area contributed by atoms with Crippen molar-refractivity contribution in [3.05, 3.63) is 119 Å². The molecule has 0 aliphatic rings. The van der Waals surface area contributed by atoms with Gasteiger partial charge in [0.2, 0.25) is 0 Å². The average Bonchev–Trinajstić information content (AvgIpc) is 2.76. The lowest BCUT2D eigenvalue weighted by Crippen LogP contribution is -2.04. The van der Waals surface area contributed by atoms with Crippen LogP contribution in [0.5, 0.6) is 0 Å². The van der Waals surface area contributed by atoms with Crippen LogP contribution in [0.4, 0.5) is 17.1 Å². The van der Waals surface area contributed by atoms with Crippen LogP contribution in [-0.4, -0.2) is 14.8 Å². The van der Waals surface area contributed by atoms with Crippen LogP contribution in [0.15, 0.2) is 66.7 Å². The summed E-state index contributed by atoms with van der Waals surface area (Å²) in [6.07, 6.45) is 5.42. The number of hydrogen-bond donors (Lipinski definition) is 0. The summed E-state index contributed by atoms with van der Waals surface area (Å²) >= 11 is 0. The van der Waals surface area contributed by atoms with E-state index in [0.717, 1.165) is 6.07 Å². The molecule has 0 heterocycles. The number of benzene rings is 3. The third kappa shape index (κ3) is 4.85. The largest absolute Gasteiger partial charge is 0.297 e. The van der Waals surface area contributed by atoms with E-state index in [9.17, 15) is 30.3 Å². The third-order valence-electron chi connectivity index (χ3n) is 4.40. The van der Waals surface area contributed by atoms with Gasteiger partial charge < -0.3 is 0 Å². The van der Waals surface area contributed by atoms with E-state index >= 15 is 0 Å². The molecule has 0 aromatic heterocycles. The van der Waals surface area contributed by atoms with Crippen LogP contribution < -0.4 is 0 Å². The molecular weight excluding hydrogens is 402 g/mol. The van der Waals surface area contributed by atoms with Crippen molar-refractivity contribution in [3.8, 4) is 0 Å². The van der Waals surface area contributed by atoms with E-state index < -0.39 is 31.8 Å². The fourth-order valence-corrected chi connectivity index (χ4v) is 2.99. The van der Waals surface area contributed by atoms with E-state index in [0.29, 0.717) is 11.1 Å². The van der Waals surface area contributed by atoms with Crippen molar-refractivity contribution in [2.75, 3.05) is 0 Å². The second-order valence-electron chi connectivity index (χ2n) is 6.35. The summed E-state index contributed by atoms with van der Waals surface area (Å²) in [6.45, 7) is 0. The zero-order valence-electron chi connectivity index (χ0n) is 16.0. The Morgan fingerprint density at radius 3 is 1.26 bits per heavy atom. The Kier molecular flexibility index (Phi) is 6.27. The SMILES string of the molecule is O=[N+]([O-])c1cc([N+](=O)[O-])c(C=Cc2ccccc2)c([N+](=O)[O-])c1C=Cc1ccccc1. The Bertz CT molecular complexity index is 1120. The lowest BCUT2D eigenvalue weighted by molar-refractivity contribution is -0.403. The summed E-state index contributed by atoms with van der Waals surface area (Å²) in [5.41, 5.74) is -1.48. The van der Waals surface area contributed by atoms with Crippen LogP contribution in [0.2, 0.25) is 0 Å². The fraction of sp³-hybridized carbons (Fsp3) is 0. The van der Waals surface area contributed by atoms with Crippen LogP contribution in [0.3, 0.4) is 0 Å². The Morgan fingerprint density at radius 2 is 0.935 bits per heavy atom. The standard InChI is InChI=1S/C22H15N3O6/c26-23(27)20-15-21(24(28)29)19(14-12-17-9-5-2-6-10-17)22(25(30)31)18(20)13-11-16-7-3-1-4-8-16/h1-15H. The van der Waals surface area contributed by atoms with Crippen molar-refractivity contribution in [2.45, 2.75) is 0 Å². The summed E-state index contributed by atoms with van der Waals surface area (Å²) in [7, 11) is 0. The number of nitro benzene ring substituents is 3. The molecule has 0 fully saturated rings. The molecule has 3 aromatic carbocycles.